The summed E-state index contributed by atoms with van der Waals surface area (Å²) < 4.78 is 43.9. The van der Waals surface area contributed by atoms with Crippen molar-refractivity contribution < 1.29 is 22.0 Å². The van der Waals surface area contributed by atoms with Crippen LogP contribution in [-0.4, -0.2) is 30.5 Å². The largest absolute Gasteiger partial charge is 0.467 e. The van der Waals surface area contributed by atoms with Gasteiger partial charge in [-0.15, -0.1) is 0 Å². The molecule has 2 aromatic rings. The van der Waals surface area contributed by atoms with Crippen LogP contribution in [0.15, 0.2) is 52.0 Å². The third-order valence-corrected chi connectivity index (χ3v) is 6.58. The Bertz CT molecular complexity index is 842. The number of carbonyl (C=O) groups excluding carboxylic acids is 1. The number of hydrogen-bond donors (Lipinski definition) is 0. The minimum atomic E-state index is -3.90. The Morgan fingerprint density at radius 1 is 1.20 bits per heavy atom. The van der Waals surface area contributed by atoms with E-state index >= 15 is 0 Å². The molecule has 0 spiro atoms. The van der Waals surface area contributed by atoms with E-state index in [0.717, 1.165) is 25.0 Å². The fourth-order valence-electron chi connectivity index (χ4n) is 2.88. The number of halogens is 1. The zero-order chi connectivity index (χ0) is 18.2. The van der Waals surface area contributed by atoms with Crippen LogP contribution in [0.2, 0.25) is 0 Å². The average molecular weight is 365 g/mol. The van der Waals surface area contributed by atoms with Crippen molar-refractivity contribution in [1.82, 2.24) is 4.90 Å². The van der Waals surface area contributed by atoms with Gasteiger partial charge in [-0.3, -0.25) is 4.79 Å². The Hall–Kier alpha value is -2.15. The summed E-state index contributed by atoms with van der Waals surface area (Å²) in [4.78, 5) is 14.5. The van der Waals surface area contributed by atoms with Crippen LogP contribution >= 0.6 is 0 Å². The van der Waals surface area contributed by atoms with E-state index in [1.54, 1.807) is 17.0 Å². The van der Waals surface area contributed by atoms with Crippen LogP contribution in [0.4, 0.5) is 4.39 Å². The van der Waals surface area contributed by atoms with Crippen molar-refractivity contribution in [2.75, 3.05) is 0 Å². The summed E-state index contributed by atoms with van der Waals surface area (Å²) in [5.41, 5.74) is 0. The number of hydrogen-bond acceptors (Lipinski definition) is 4. The maximum Gasteiger partial charge on any atom is 0.241 e. The third kappa shape index (κ3) is 3.46. The molecule has 1 heterocycles. The van der Waals surface area contributed by atoms with E-state index in [4.69, 9.17) is 4.42 Å². The summed E-state index contributed by atoms with van der Waals surface area (Å²) in [5.74, 6) is -0.369. The normalized spacial score (nSPS) is 17.1. The molecule has 5 nitrogen and oxygen atoms in total. The lowest BCUT2D eigenvalue weighted by atomic mass is 10.2. The smallest absolute Gasteiger partial charge is 0.241 e. The second kappa shape index (κ2) is 6.63. The van der Waals surface area contributed by atoms with Gasteiger partial charge in [-0.25, -0.2) is 12.8 Å². The summed E-state index contributed by atoms with van der Waals surface area (Å²) in [7, 11) is -3.90. The number of carbonyl (C=O) groups is 1. The molecule has 1 amide bonds. The molecule has 25 heavy (non-hydrogen) atoms. The molecule has 134 valence electrons. The number of benzene rings is 1. The summed E-state index contributed by atoms with van der Waals surface area (Å²) in [5, 5.41) is -1.25. The summed E-state index contributed by atoms with van der Waals surface area (Å²) >= 11 is 0. The van der Waals surface area contributed by atoms with Crippen LogP contribution < -0.4 is 0 Å². The standard InChI is InChI=1S/C18H20FNO4S/c1-12(17-4-3-11-24-17)20(15-7-8-15)18(21)13(2)25(22,23)16-9-5-14(19)6-10-16/h3-6,9-13,15H,7-8H2,1-2H3. The van der Waals surface area contributed by atoms with Gasteiger partial charge in [0.15, 0.2) is 9.84 Å². The maximum atomic E-state index is 13.1. The molecule has 0 N–H and O–H groups in total. The highest BCUT2D eigenvalue weighted by atomic mass is 32.2. The van der Waals surface area contributed by atoms with Crippen molar-refractivity contribution in [3.63, 3.8) is 0 Å². The number of sulfone groups is 1. The van der Waals surface area contributed by atoms with E-state index in [2.05, 4.69) is 0 Å². The lowest BCUT2D eigenvalue weighted by molar-refractivity contribution is -0.133. The van der Waals surface area contributed by atoms with Gasteiger partial charge < -0.3 is 9.32 Å². The first kappa shape index (κ1) is 17.7. The van der Waals surface area contributed by atoms with E-state index < -0.39 is 26.8 Å². The fourth-order valence-corrected chi connectivity index (χ4v) is 4.19. The molecule has 2 unspecified atom stereocenters. The Labute approximate surface area is 146 Å². The first-order valence-corrected chi connectivity index (χ1v) is 9.72. The van der Waals surface area contributed by atoms with Gasteiger partial charge in [0.05, 0.1) is 17.2 Å². The molecule has 1 aromatic heterocycles. The zero-order valence-electron chi connectivity index (χ0n) is 14.1. The quantitative estimate of drug-likeness (QED) is 0.737. The number of rotatable bonds is 6. The van der Waals surface area contributed by atoms with E-state index in [1.807, 2.05) is 6.92 Å². The Balaban J connectivity index is 1.87. The number of nitrogens with zero attached hydrogens (tertiary/aromatic N) is 1. The van der Waals surface area contributed by atoms with E-state index in [0.29, 0.717) is 5.76 Å². The Kier molecular flexibility index (Phi) is 4.69. The molecule has 3 rings (SSSR count). The summed E-state index contributed by atoms with van der Waals surface area (Å²) in [6.07, 6.45) is 3.22. The first-order valence-electron chi connectivity index (χ1n) is 8.17. The van der Waals surface area contributed by atoms with Crippen molar-refractivity contribution in [2.45, 2.75) is 48.9 Å². The van der Waals surface area contributed by atoms with Crippen molar-refractivity contribution >= 4 is 15.7 Å². The van der Waals surface area contributed by atoms with Gasteiger partial charge in [-0.05, 0) is 63.1 Å². The van der Waals surface area contributed by atoms with Crippen molar-refractivity contribution in [1.29, 1.82) is 0 Å². The molecule has 1 aliphatic rings. The third-order valence-electron chi connectivity index (χ3n) is 4.52. The van der Waals surface area contributed by atoms with Crippen molar-refractivity contribution in [3.8, 4) is 0 Å². The second-order valence-electron chi connectivity index (χ2n) is 6.31. The SMILES string of the molecule is CC(c1ccco1)N(C(=O)C(C)S(=O)(=O)c1ccc(F)cc1)C1CC1. The lowest BCUT2D eigenvalue weighted by Gasteiger charge is -2.30. The van der Waals surface area contributed by atoms with Crippen molar-refractivity contribution in [3.05, 3.63) is 54.2 Å². The van der Waals surface area contributed by atoms with Gasteiger partial charge in [0.1, 0.15) is 16.8 Å². The fraction of sp³-hybridized carbons (Fsp3) is 0.389. The highest BCUT2D eigenvalue weighted by Gasteiger charge is 2.42. The average Bonchev–Trinajstić information content (AvgIpc) is 3.25. The van der Waals surface area contributed by atoms with E-state index in [-0.39, 0.29) is 17.0 Å². The molecule has 0 saturated heterocycles. The molecule has 1 aromatic carbocycles. The molecule has 7 heteroatoms. The van der Waals surface area contributed by atoms with Crippen LogP contribution in [0.5, 0.6) is 0 Å². The van der Waals surface area contributed by atoms with Gasteiger partial charge in [0, 0.05) is 6.04 Å². The van der Waals surface area contributed by atoms with Gasteiger partial charge >= 0.3 is 0 Å². The summed E-state index contributed by atoms with van der Waals surface area (Å²) in [6.45, 7) is 3.21. The van der Waals surface area contributed by atoms with Gasteiger partial charge in [0.2, 0.25) is 5.91 Å². The predicted molar refractivity (Wildman–Crippen MR) is 90.0 cm³/mol. The minimum Gasteiger partial charge on any atom is -0.467 e. The number of furan rings is 1. The Morgan fingerprint density at radius 2 is 1.84 bits per heavy atom. The molecule has 1 aliphatic carbocycles. The molecule has 0 bridgehead atoms. The summed E-state index contributed by atoms with van der Waals surface area (Å²) in [6, 6.07) is 7.71. The zero-order valence-corrected chi connectivity index (χ0v) is 14.9. The van der Waals surface area contributed by atoms with Gasteiger partial charge in [-0.1, -0.05) is 0 Å². The maximum absolute atomic E-state index is 13.1. The molecule has 1 fully saturated rings. The van der Waals surface area contributed by atoms with Crippen LogP contribution in [0, 0.1) is 5.82 Å². The van der Waals surface area contributed by atoms with E-state index in [1.165, 1.54) is 25.3 Å². The molecular formula is C18H20FNO4S. The Morgan fingerprint density at radius 3 is 2.36 bits per heavy atom. The predicted octanol–water partition coefficient (Wildman–Crippen LogP) is 3.33. The van der Waals surface area contributed by atoms with Crippen LogP contribution in [0.25, 0.3) is 0 Å². The topological polar surface area (TPSA) is 67.6 Å². The monoisotopic (exact) mass is 365 g/mol. The highest BCUT2D eigenvalue weighted by molar-refractivity contribution is 7.92. The molecular weight excluding hydrogens is 345 g/mol. The van der Waals surface area contributed by atoms with E-state index in [9.17, 15) is 17.6 Å². The second-order valence-corrected chi connectivity index (χ2v) is 8.58. The lowest BCUT2D eigenvalue weighted by Crippen LogP contribution is -2.44. The molecule has 1 saturated carbocycles. The first-order chi connectivity index (χ1) is 11.8. The van der Waals surface area contributed by atoms with Gasteiger partial charge in [0.25, 0.3) is 0 Å². The molecule has 2 atom stereocenters. The number of amides is 1. The minimum absolute atomic E-state index is 0.0264. The highest BCUT2D eigenvalue weighted by Crippen LogP contribution is 2.36. The molecule has 0 aliphatic heterocycles. The van der Waals surface area contributed by atoms with Crippen molar-refractivity contribution in [2.24, 2.45) is 0 Å². The van der Waals surface area contributed by atoms with Crippen LogP contribution in [-0.2, 0) is 14.6 Å². The van der Waals surface area contributed by atoms with Gasteiger partial charge in [-0.2, -0.15) is 0 Å². The van der Waals surface area contributed by atoms with Crippen LogP contribution in [0.1, 0.15) is 38.5 Å². The van der Waals surface area contributed by atoms with Crippen LogP contribution in [0.3, 0.4) is 0 Å². The molecule has 0 radical (unpaired) electrons.